The van der Waals surface area contributed by atoms with Gasteiger partial charge in [0.15, 0.2) is 0 Å². The van der Waals surface area contributed by atoms with Gasteiger partial charge in [-0.05, 0) is 24.6 Å². The van der Waals surface area contributed by atoms with Crippen LogP contribution in [0, 0.1) is 6.92 Å². The largest absolute Gasteiger partial charge is 0.399 e. The second-order valence-corrected chi connectivity index (χ2v) is 5.48. The van der Waals surface area contributed by atoms with Crippen LogP contribution in [0.15, 0.2) is 30.3 Å². The van der Waals surface area contributed by atoms with Crippen LogP contribution in [0.5, 0.6) is 0 Å². The summed E-state index contributed by atoms with van der Waals surface area (Å²) < 4.78 is 0. The van der Waals surface area contributed by atoms with Crippen molar-refractivity contribution in [2.24, 2.45) is 0 Å². The van der Waals surface area contributed by atoms with E-state index in [4.69, 9.17) is 5.73 Å². The lowest BCUT2D eigenvalue weighted by atomic mass is 10.2. The topological polar surface area (TPSA) is 55.0 Å². The van der Waals surface area contributed by atoms with Crippen LogP contribution in [0.1, 0.15) is 36.8 Å². The van der Waals surface area contributed by atoms with Crippen molar-refractivity contribution in [2.45, 2.75) is 33.2 Å². The molecule has 1 aromatic carbocycles. The van der Waals surface area contributed by atoms with Crippen LogP contribution in [0.3, 0.4) is 0 Å². The maximum absolute atomic E-state index is 5.71. The molecule has 0 bridgehead atoms. The van der Waals surface area contributed by atoms with Crippen LogP contribution in [-0.4, -0.2) is 17.0 Å². The van der Waals surface area contributed by atoms with E-state index in [0.717, 1.165) is 29.6 Å². The maximum atomic E-state index is 5.71. The standard InChI is InChI=1S/C16H22N4/c1-11(2)16-18-12(3)9-15(19-16)20(4)10-13-5-7-14(17)8-6-13/h5-9,11H,10,17H2,1-4H3. The van der Waals surface area contributed by atoms with Crippen molar-refractivity contribution in [2.75, 3.05) is 17.7 Å². The van der Waals surface area contributed by atoms with E-state index in [2.05, 4.69) is 28.7 Å². The van der Waals surface area contributed by atoms with Gasteiger partial charge in [0.2, 0.25) is 0 Å². The summed E-state index contributed by atoms with van der Waals surface area (Å²) in [5, 5.41) is 0. The summed E-state index contributed by atoms with van der Waals surface area (Å²) in [5.41, 5.74) is 8.71. The average Bonchev–Trinajstić information content (AvgIpc) is 2.40. The molecule has 1 aromatic heterocycles. The highest BCUT2D eigenvalue weighted by Gasteiger charge is 2.09. The number of nitrogens with two attached hydrogens (primary N) is 1. The Balaban J connectivity index is 2.20. The lowest BCUT2D eigenvalue weighted by Gasteiger charge is -2.20. The highest BCUT2D eigenvalue weighted by molar-refractivity contribution is 5.43. The predicted octanol–water partition coefficient (Wildman–Crippen LogP) is 3.13. The van der Waals surface area contributed by atoms with Gasteiger partial charge in [-0.25, -0.2) is 9.97 Å². The molecule has 4 nitrogen and oxygen atoms in total. The maximum Gasteiger partial charge on any atom is 0.133 e. The molecule has 0 spiro atoms. The molecule has 0 saturated carbocycles. The van der Waals surface area contributed by atoms with Crippen molar-refractivity contribution >= 4 is 11.5 Å². The molecule has 106 valence electrons. The van der Waals surface area contributed by atoms with Gasteiger partial charge in [0.05, 0.1) is 0 Å². The van der Waals surface area contributed by atoms with Gasteiger partial charge in [0, 0.05) is 37.0 Å². The number of aromatic nitrogens is 2. The Morgan fingerprint density at radius 1 is 1.15 bits per heavy atom. The van der Waals surface area contributed by atoms with E-state index in [-0.39, 0.29) is 0 Å². The minimum Gasteiger partial charge on any atom is -0.399 e. The molecule has 0 saturated heterocycles. The number of hydrogen-bond acceptors (Lipinski definition) is 4. The Hall–Kier alpha value is -2.10. The van der Waals surface area contributed by atoms with Gasteiger partial charge in [-0.1, -0.05) is 26.0 Å². The molecule has 0 unspecified atom stereocenters. The molecule has 20 heavy (non-hydrogen) atoms. The monoisotopic (exact) mass is 270 g/mol. The molecule has 2 N–H and O–H groups in total. The van der Waals surface area contributed by atoms with Crippen LogP contribution in [0.2, 0.25) is 0 Å². The van der Waals surface area contributed by atoms with Gasteiger partial charge in [0.1, 0.15) is 11.6 Å². The van der Waals surface area contributed by atoms with Crippen LogP contribution >= 0.6 is 0 Å². The van der Waals surface area contributed by atoms with E-state index in [9.17, 15) is 0 Å². The molecule has 4 heteroatoms. The van der Waals surface area contributed by atoms with Gasteiger partial charge >= 0.3 is 0 Å². The summed E-state index contributed by atoms with van der Waals surface area (Å²) in [6.45, 7) is 7.03. The molecule has 0 amide bonds. The second kappa shape index (κ2) is 5.90. The zero-order chi connectivity index (χ0) is 14.7. The van der Waals surface area contributed by atoms with Crippen LogP contribution in [0.4, 0.5) is 11.5 Å². The molecule has 2 aromatic rings. The first-order chi connectivity index (χ1) is 9.45. The molecule has 0 radical (unpaired) electrons. The Morgan fingerprint density at radius 2 is 1.80 bits per heavy atom. The summed E-state index contributed by atoms with van der Waals surface area (Å²) in [4.78, 5) is 11.2. The third-order valence-electron chi connectivity index (χ3n) is 3.16. The molecule has 0 aliphatic carbocycles. The fraction of sp³-hybridized carbons (Fsp3) is 0.375. The van der Waals surface area contributed by atoms with E-state index in [1.807, 2.05) is 44.3 Å². The summed E-state index contributed by atoms with van der Waals surface area (Å²) in [7, 11) is 2.04. The van der Waals surface area contributed by atoms with Crippen molar-refractivity contribution in [3.8, 4) is 0 Å². The van der Waals surface area contributed by atoms with Crippen molar-refractivity contribution in [1.82, 2.24) is 9.97 Å². The number of benzene rings is 1. The van der Waals surface area contributed by atoms with Gasteiger partial charge in [-0.2, -0.15) is 0 Å². The molecule has 0 aliphatic heterocycles. The molecule has 0 fully saturated rings. The number of hydrogen-bond donors (Lipinski definition) is 1. The third-order valence-corrected chi connectivity index (χ3v) is 3.16. The van der Waals surface area contributed by atoms with Crippen LogP contribution in [0.25, 0.3) is 0 Å². The Morgan fingerprint density at radius 3 is 2.40 bits per heavy atom. The van der Waals surface area contributed by atoms with Gasteiger partial charge in [-0.15, -0.1) is 0 Å². The zero-order valence-corrected chi connectivity index (χ0v) is 12.6. The fourth-order valence-corrected chi connectivity index (χ4v) is 2.01. The molecular weight excluding hydrogens is 248 g/mol. The minimum absolute atomic E-state index is 0.332. The summed E-state index contributed by atoms with van der Waals surface area (Å²) in [6, 6.07) is 9.96. The van der Waals surface area contributed by atoms with Crippen LogP contribution in [-0.2, 0) is 6.54 Å². The average molecular weight is 270 g/mol. The number of rotatable bonds is 4. The van der Waals surface area contributed by atoms with Crippen molar-refractivity contribution in [3.05, 3.63) is 47.4 Å². The quantitative estimate of drug-likeness (QED) is 0.867. The first kappa shape index (κ1) is 14.3. The first-order valence-corrected chi connectivity index (χ1v) is 6.87. The molecular formula is C16H22N4. The van der Waals surface area contributed by atoms with Crippen molar-refractivity contribution in [3.63, 3.8) is 0 Å². The van der Waals surface area contributed by atoms with E-state index >= 15 is 0 Å². The molecule has 2 rings (SSSR count). The molecule has 0 atom stereocenters. The third kappa shape index (κ3) is 3.47. The predicted molar refractivity (Wildman–Crippen MR) is 83.8 cm³/mol. The highest BCUT2D eigenvalue weighted by atomic mass is 15.2. The SMILES string of the molecule is Cc1cc(N(C)Cc2ccc(N)cc2)nc(C(C)C)n1. The van der Waals surface area contributed by atoms with Crippen molar-refractivity contribution in [1.29, 1.82) is 0 Å². The number of aryl methyl sites for hydroxylation is 1. The fourth-order valence-electron chi connectivity index (χ4n) is 2.01. The molecule has 0 aliphatic rings. The molecule has 1 heterocycles. The van der Waals surface area contributed by atoms with E-state index in [1.54, 1.807) is 0 Å². The first-order valence-electron chi connectivity index (χ1n) is 6.87. The Labute approximate surface area is 120 Å². The van der Waals surface area contributed by atoms with Crippen molar-refractivity contribution < 1.29 is 0 Å². The zero-order valence-electron chi connectivity index (χ0n) is 12.6. The van der Waals surface area contributed by atoms with E-state index in [1.165, 1.54) is 5.56 Å². The van der Waals surface area contributed by atoms with E-state index in [0.29, 0.717) is 5.92 Å². The summed E-state index contributed by atoms with van der Waals surface area (Å²) in [6.07, 6.45) is 0. The summed E-state index contributed by atoms with van der Waals surface area (Å²) >= 11 is 0. The van der Waals surface area contributed by atoms with Gasteiger partial charge < -0.3 is 10.6 Å². The lowest BCUT2D eigenvalue weighted by molar-refractivity contribution is 0.754. The summed E-state index contributed by atoms with van der Waals surface area (Å²) in [5.74, 6) is 2.18. The highest BCUT2D eigenvalue weighted by Crippen LogP contribution is 2.18. The lowest BCUT2D eigenvalue weighted by Crippen LogP contribution is -2.19. The Kier molecular flexibility index (Phi) is 4.23. The van der Waals surface area contributed by atoms with E-state index < -0.39 is 0 Å². The smallest absolute Gasteiger partial charge is 0.133 e. The number of nitrogen functional groups attached to an aromatic ring is 1. The Bertz CT molecular complexity index is 576. The number of anilines is 2. The van der Waals surface area contributed by atoms with Gasteiger partial charge in [0.25, 0.3) is 0 Å². The minimum atomic E-state index is 0.332. The number of nitrogens with zero attached hydrogens (tertiary/aromatic N) is 3. The van der Waals surface area contributed by atoms with Crippen LogP contribution < -0.4 is 10.6 Å². The van der Waals surface area contributed by atoms with Gasteiger partial charge in [-0.3, -0.25) is 0 Å². The second-order valence-electron chi connectivity index (χ2n) is 5.48. The normalized spacial score (nSPS) is 10.8.